The van der Waals surface area contributed by atoms with Crippen LogP contribution in [0.5, 0.6) is 23.0 Å². The summed E-state index contributed by atoms with van der Waals surface area (Å²) in [4.78, 5) is 12.9. The maximum Gasteiger partial charge on any atom is 0.261 e. The van der Waals surface area contributed by atoms with Crippen LogP contribution in [0.4, 0.5) is 0 Å². The Bertz CT molecular complexity index is 777. The number of hydrogen-bond acceptors (Lipinski definition) is 5. The Balaban J connectivity index is 2.15. The van der Waals surface area contributed by atoms with E-state index in [0.717, 1.165) is 12.0 Å². The van der Waals surface area contributed by atoms with Crippen LogP contribution in [0.3, 0.4) is 0 Å². The van der Waals surface area contributed by atoms with Gasteiger partial charge in [0.2, 0.25) is 0 Å². The van der Waals surface area contributed by atoms with Crippen LogP contribution in [0, 0.1) is 0 Å². The highest BCUT2D eigenvalue weighted by Gasteiger charge is 2.23. The van der Waals surface area contributed by atoms with E-state index in [1.54, 1.807) is 33.5 Å². The Morgan fingerprint density at radius 2 is 1.46 bits per heavy atom. The van der Waals surface area contributed by atoms with Crippen molar-refractivity contribution < 1.29 is 23.7 Å². The number of hydrogen-bond donors (Lipinski definition) is 1. The number of amides is 1. The zero-order valence-corrected chi connectivity index (χ0v) is 17.2. The number of benzene rings is 2. The van der Waals surface area contributed by atoms with Crippen molar-refractivity contribution in [2.24, 2.45) is 0 Å². The van der Waals surface area contributed by atoms with Crippen molar-refractivity contribution >= 4 is 5.91 Å². The van der Waals surface area contributed by atoms with Crippen molar-refractivity contribution in [3.05, 3.63) is 48.0 Å². The third kappa shape index (κ3) is 5.09. The van der Waals surface area contributed by atoms with Crippen LogP contribution in [0.25, 0.3) is 0 Å². The SMILES string of the molecule is CCC(Oc1ccccc1OC)C(=O)NC(CC)c1ccc(OC)c(OC)c1. The summed E-state index contributed by atoms with van der Waals surface area (Å²) >= 11 is 0. The van der Waals surface area contributed by atoms with E-state index in [0.29, 0.717) is 29.4 Å². The monoisotopic (exact) mass is 387 g/mol. The van der Waals surface area contributed by atoms with Gasteiger partial charge in [0.15, 0.2) is 29.1 Å². The molecule has 2 aromatic carbocycles. The molecule has 2 atom stereocenters. The van der Waals surface area contributed by atoms with Gasteiger partial charge in [-0.3, -0.25) is 4.79 Å². The highest BCUT2D eigenvalue weighted by atomic mass is 16.5. The number of carbonyl (C=O) groups is 1. The zero-order chi connectivity index (χ0) is 20.5. The topological polar surface area (TPSA) is 66.0 Å². The summed E-state index contributed by atoms with van der Waals surface area (Å²) < 4.78 is 21.9. The number of carbonyl (C=O) groups excluding carboxylic acids is 1. The Labute approximate surface area is 166 Å². The van der Waals surface area contributed by atoms with E-state index in [4.69, 9.17) is 18.9 Å². The standard InChI is InChI=1S/C22H29NO5/c1-6-16(15-12-13-19(26-4)21(14-15)27-5)23-22(24)17(7-2)28-20-11-9-8-10-18(20)25-3/h8-14,16-17H,6-7H2,1-5H3,(H,23,24). The fourth-order valence-electron chi connectivity index (χ4n) is 2.95. The Morgan fingerprint density at radius 3 is 2.04 bits per heavy atom. The molecule has 6 nitrogen and oxygen atoms in total. The predicted octanol–water partition coefficient (Wildman–Crippen LogP) is 4.14. The first-order valence-corrected chi connectivity index (χ1v) is 9.39. The first kappa shape index (κ1) is 21.4. The molecular weight excluding hydrogens is 358 g/mol. The normalized spacial score (nSPS) is 12.6. The second-order valence-corrected chi connectivity index (χ2v) is 6.25. The van der Waals surface area contributed by atoms with Gasteiger partial charge in [0, 0.05) is 0 Å². The van der Waals surface area contributed by atoms with Crippen molar-refractivity contribution in [3.63, 3.8) is 0 Å². The van der Waals surface area contributed by atoms with E-state index < -0.39 is 6.10 Å². The lowest BCUT2D eigenvalue weighted by atomic mass is 10.0. The Kier molecular flexibility index (Phi) is 7.99. The van der Waals surface area contributed by atoms with Gasteiger partial charge >= 0.3 is 0 Å². The molecule has 2 rings (SSSR count). The molecule has 0 aliphatic carbocycles. The maximum absolute atomic E-state index is 12.9. The molecule has 6 heteroatoms. The van der Waals surface area contributed by atoms with Crippen LogP contribution in [0.1, 0.15) is 38.3 Å². The van der Waals surface area contributed by atoms with Crippen molar-refractivity contribution in [3.8, 4) is 23.0 Å². The van der Waals surface area contributed by atoms with Crippen molar-refractivity contribution in [2.45, 2.75) is 38.8 Å². The third-order valence-electron chi connectivity index (χ3n) is 4.54. The summed E-state index contributed by atoms with van der Waals surface area (Å²) in [6.07, 6.45) is 0.643. The summed E-state index contributed by atoms with van der Waals surface area (Å²) in [5.41, 5.74) is 0.945. The lowest BCUT2D eigenvalue weighted by molar-refractivity contribution is -0.129. The molecule has 152 valence electrons. The third-order valence-corrected chi connectivity index (χ3v) is 4.54. The molecule has 0 aliphatic rings. The van der Waals surface area contributed by atoms with Crippen LogP contribution >= 0.6 is 0 Å². The Morgan fingerprint density at radius 1 is 0.857 bits per heavy atom. The number of rotatable bonds is 10. The highest BCUT2D eigenvalue weighted by Crippen LogP contribution is 2.31. The van der Waals surface area contributed by atoms with Gasteiger partial charge in [-0.25, -0.2) is 0 Å². The number of nitrogens with one attached hydrogen (secondary N) is 1. The first-order valence-electron chi connectivity index (χ1n) is 9.39. The summed E-state index contributed by atoms with van der Waals surface area (Å²) in [7, 11) is 4.76. The van der Waals surface area contributed by atoms with Crippen molar-refractivity contribution in [1.29, 1.82) is 0 Å². The van der Waals surface area contributed by atoms with Gasteiger partial charge in [-0.1, -0.05) is 32.0 Å². The second kappa shape index (κ2) is 10.4. The highest BCUT2D eigenvalue weighted by molar-refractivity contribution is 5.81. The minimum absolute atomic E-state index is 0.164. The summed E-state index contributed by atoms with van der Waals surface area (Å²) in [6.45, 7) is 3.93. The van der Waals surface area contributed by atoms with Crippen LogP contribution in [0.2, 0.25) is 0 Å². The molecule has 0 saturated heterocycles. The van der Waals surface area contributed by atoms with Gasteiger partial charge in [0.1, 0.15) is 0 Å². The largest absolute Gasteiger partial charge is 0.493 e. The van der Waals surface area contributed by atoms with E-state index in [1.165, 1.54) is 0 Å². The quantitative estimate of drug-likeness (QED) is 0.664. The molecule has 0 aliphatic heterocycles. The molecular formula is C22H29NO5. The Hall–Kier alpha value is -2.89. The molecule has 0 radical (unpaired) electrons. The van der Waals surface area contributed by atoms with E-state index in [-0.39, 0.29) is 11.9 Å². The van der Waals surface area contributed by atoms with Crippen LogP contribution in [-0.4, -0.2) is 33.3 Å². The average molecular weight is 387 g/mol. The van der Waals surface area contributed by atoms with E-state index in [1.807, 2.05) is 44.2 Å². The molecule has 0 aromatic heterocycles. The lowest BCUT2D eigenvalue weighted by Gasteiger charge is -2.23. The van der Waals surface area contributed by atoms with Crippen LogP contribution in [-0.2, 0) is 4.79 Å². The van der Waals surface area contributed by atoms with Gasteiger partial charge in [-0.2, -0.15) is 0 Å². The zero-order valence-electron chi connectivity index (χ0n) is 17.2. The van der Waals surface area contributed by atoms with E-state index in [9.17, 15) is 4.79 Å². The molecule has 0 bridgehead atoms. The average Bonchev–Trinajstić information content (AvgIpc) is 2.75. The first-order chi connectivity index (χ1) is 13.6. The summed E-state index contributed by atoms with van der Waals surface area (Å²) in [5.74, 6) is 2.25. The van der Waals surface area contributed by atoms with Crippen LogP contribution < -0.4 is 24.3 Å². The number of methoxy groups -OCH3 is 3. The fourth-order valence-corrected chi connectivity index (χ4v) is 2.95. The maximum atomic E-state index is 12.9. The molecule has 1 amide bonds. The van der Waals surface area contributed by atoms with Crippen molar-refractivity contribution in [2.75, 3.05) is 21.3 Å². The smallest absolute Gasteiger partial charge is 0.261 e. The molecule has 0 fully saturated rings. The van der Waals surface area contributed by atoms with Gasteiger partial charge in [-0.15, -0.1) is 0 Å². The number of para-hydroxylation sites is 2. The van der Waals surface area contributed by atoms with Gasteiger partial charge in [0.25, 0.3) is 5.91 Å². The molecule has 0 heterocycles. The van der Waals surface area contributed by atoms with Crippen molar-refractivity contribution in [1.82, 2.24) is 5.32 Å². The second-order valence-electron chi connectivity index (χ2n) is 6.25. The van der Waals surface area contributed by atoms with Crippen LogP contribution in [0.15, 0.2) is 42.5 Å². The molecule has 1 N–H and O–H groups in total. The molecule has 28 heavy (non-hydrogen) atoms. The molecule has 0 spiro atoms. The summed E-state index contributed by atoms with van der Waals surface area (Å²) in [6, 6.07) is 12.8. The number of ether oxygens (including phenoxy) is 4. The molecule has 2 unspecified atom stereocenters. The van der Waals surface area contributed by atoms with Gasteiger partial charge in [-0.05, 0) is 42.7 Å². The molecule has 0 saturated carbocycles. The predicted molar refractivity (Wildman–Crippen MR) is 108 cm³/mol. The lowest BCUT2D eigenvalue weighted by Crippen LogP contribution is -2.40. The fraction of sp³-hybridized carbons (Fsp3) is 0.409. The minimum Gasteiger partial charge on any atom is -0.493 e. The summed E-state index contributed by atoms with van der Waals surface area (Å²) in [5, 5.41) is 3.08. The molecule has 2 aromatic rings. The van der Waals surface area contributed by atoms with E-state index >= 15 is 0 Å². The van der Waals surface area contributed by atoms with E-state index in [2.05, 4.69) is 5.32 Å². The minimum atomic E-state index is -0.620. The van der Waals surface area contributed by atoms with Gasteiger partial charge in [0.05, 0.1) is 27.4 Å². The van der Waals surface area contributed by atoms with Gasteiger partial charge < -0.3 is 24.3 Å².